The molecule has 0 aliphatic carbocycles. The van der Waals surface area contributed by atoms with Crippen LogP contribution in [0, 0.1) is 0 Å². The zero-order valence-corrected chi connectivity index (χ0v) is 17.0. The Morgan fingerprint density at radius 2 is 1.74 bits per heavy atom. The third-order valence-electron chi connectivity index (χ3n) is 4.26. The molecule has 1 aliphatic rings. The molecule has 0 saturated carbocycles. The number of hydrazone groups is 1. The van der Waals surface area contributed by atoms with Gasteiger partial charge in [-0.1, -0.05) is 12.1 Å². The van der Waals surface area contributed by atoms with Gasteiger partial charge in [0.05, 0.1) is 17.7 Å². The number of nitrogens with zero attached hydrogens (tertiary/aromatic N) is 2. The summed E-state index contributed by atoms with van der Waals surface area (Å²) >= 11 is 0. The summed E-state index contributed by atoms with van der Waals surface area (Å²) in [7, 11) is -2.84. The van der Waals surface area contributed by atoms with Gasteiger partial charge in [0.15, 0.2) is 0 Å². The number of nitrogens with one attached hydrogen (secondary N) is 2. The number of aliphatic hydroxyl groups excluding tert-OH is 5. The lowest BCUT2D eigenvalue weighted by atomic mass is 10.0. The molecule has 1 saturated heterocycles. The average molecular weight is 458 g/mol. The number of benzene rings is 1. The Balaban J connectivity index is 2.04. The van der Waals surface area contributed by atoms with Crippen molar-refractivity contribution >= 4 is 34.3 Å². The number of carbonyl (C=O) groups is 2. The molecule has 0 radical (unpaired) electrons. The van der Waals surface area contributed by atoms with Crippen LogP contribution in [0.3, 0.4) is 0 Å². The van der Waals surface area contributed by atoms with Crippen LogP contribution < -0.4 is 10.1 Å². The Morgan fingerprint density at radius 3 is 2.26 bits per heavy atom. The van der Waals surface area contributed by atoms with Crippen LogP contribution in [0.1, 0.15) is 5.56 Å². The first-order valence-electron chi connectivity index (χ1n) is 8.77. The van der Waals surface area contributed by atoms with Crippen LogP contribution in [0.5, 0.6) is 0 Å². The molecule has 0 aromatic heterocycles. The van der Waals surface area contributed by atoms with E-state index in [0.29, 0.717) is 11.8 Å². The smallest absolute Gasteiger partial charge is 0.328 e. The third-order valence-corrected chi connectivity index (χ3v) is 5.50. The molecule has 1 heterocycles. The molecule has 4 atom stereocenters. The summed E-state index contributed by atoms with van der Waals surface area (Å²) in [5.41, 5.74) is 0.475. The topological polar surface area (TPSA) is 209 Å². The molecule has 1 fully saturated rings. The zero-order chi connectivity index (χ0) is 23.3. The molecular formula is C17H22N4O9S. The molecule has 1 aliphatic heterocycles. The summed E-state index contributed by atoms with van der Waals surface area (Å²) < 4.78 is 24.5. The predicted octanol–water partition coefficient (Wildman–Crippen LogP) is -3.09. The Kier molecular flexibility index (Phi) is 7.83. The van der Waals surface area contributed by atoms with E-state index in [1.165, 1.54) is 37.4 Å². The fraction of sp³-hybridized carbons (Fsp3) is 0.353. The minimum absolute atomic E-state index is 0.0341. The highest BCUT2D eigenvalue weighted by molar-refractivity contribution is 7.89. The van der Waals surface area contributed by atoms with Crippen molar-refractivity contribution in [3.8, 4) is 0 Å². The highest BCUT2D eigenvalue weighted by Gasteiger charge is 2.30. The number of imide groups is 1. The van der Waals surface area contributed by atoms with Gasteiger partial charge in [-0.2, -0.15) is 13.5 Å². The van der Waals surface area contributed by atoms with Crippen LogP contribution >= 0.6 is 0 Å². The Hall–Kier alpha value is -2.88. The van der Waals surface area contributed by atoms with Gasteiger partial charge in [-0.15, -0.1) is 0 Å². The minimum Gasteiger partial charge on any atom is -0.394 e. The maximum Gasteiger partial charge on any atom is 0.328 e. The van der Waals surface area contributed by atoms with Gasteiger partial charge in [-0.25, -0.2) is 9.63 Å². The minimum atomic E-state index is -4.15. The van der Waals surface area contributed by atoms with E-state index in [9.17, 15) is 38.4 Å². The molecular weight excluding hydrogens is 436 g/mol. The van der Waals surface area contributed by atoms with E-state index in [1.54, 1.807) is 4.83 Å². The second-order valence-corrected chi connectivity index (χ2v) is 8.18. The fourth-order valence-electron chi connectivity index (χ4n) is 2.39. The van der Waals surface area contributed by atoms with Crippen molar-refractivity contribution in [2.24, 2.45) is 5.10 Å². The molecule has 0 unspecified atom stereocenters. The quantitative estimate of drug-likeness (QED) is 0.0864. The fourth-order valence-corrected chi connectivity index (χ4v) is 3.19. The van der Waals surface area contributed by atoms with Crippen LogP contribution in [0.15, 0.2) is 40.0 Å². The maximum atomic E-state index is 12.2. The monoisotopic (exact) mass is 458 g/mol. The van der Waals surface area contributed by atoms with E-state index in [0.717, 1.165) is 4.90 Å². The van der Waals surface area contributed by atoms with E-state index < -0.39 is 53.0 Å². The van der Waals surface area contributed by atoms with Crippen molar-refractivity contribution in [3.63, 3.8) is 0 Å². The Bertz CT molecular complexity index is 978. The third kappa shape index (κ3) is 5.84. The first-order chi connectivity index (χ1) is 14.5. The van der Waals surface area contributed by atoms with Crippen LogP contribution in [0.2, 0.25) is 0 Å². The molecule has 1 aromatic carbocycles. The summed E-state index contributed by atoms with van der Waals surface area (Å²) in [6.07, 6.45) is -5.40. The molecule has 14 heteroatoms. The van der Waals surface area contributed by atoms with Gasteiger partial charge in [0.2, 0.25) is 0 Å². The summed E-state index contributed by atoms with van der Waals surface area (Å²) in [6.45, 7) is -0.862. The lowest BCUT2D eigenvalue weighted by molar-refractivity contribution is -0.121. The van der Waals surface area contributed by atoms with Crippen molar-refractivity contribution in [2.45, 2.75) is 29.3 Å². The van der Waals surface area contributed by atoms with E-state index in [1.807, 2.05) is 0 Å². The summed E-state index contributed by atoms with van der Waals surface area (Å²) in [4.78, 5) is 25.7. The second-order valence-electron chi connectivity index (χ2n) is 6.52. The number of amides is 3. The number of sulfonamides is 1. The van der Waals surface area contributed by atoms with Crippen LogP contribution in [-0.2, 0) is 14.8 Å². The maximum absolute atomic E-state index is 12.2. The van der Waals surface area contributed by atoms with Crippen molar-refractivity contribution in [3.05, 3.63) is 35.5 Å². The molecule has 31 heavy (non-hydrogen) atoms. The summed E-state index contributed by atoms with van der Waals surface area (Å²) in [5.74, 6) is -0.532. The van der Waals surface area contributed by atoms with Crippen LogP contribution in [-0.4, -0.2) is 95.1 Å². The number of likely N-dealkylation sites (N-methyl/N-ethyl adjacent to an activating group) is 1. The number of rotatable bonds is 9. The van der Waals surface area contributed by atoms with E-state index in [2.05, 4.69) is 10.4 Å². The van der Waals surface area contributed by atoms with E-state index >= 15 is 0 Å². The highest BCUT2D eigenvalue weighted by Crippen LogP contribution is 2.15. The normalized spacial score (nSPS) is 20.1. The number of aliphatic hydroxyl groups is 5. The molecule has 0 bridgehead atoms. The lowest BCUT2D eigenvalue weighted by Crippen LogP contribution is -2.46. The summed E-state index contributed by atoms with van der Waals surface area (Å²) in [6, 6.07) is 4.61. The van der Waals surface area contributed by atoms with Gasteiger partial charge in [0.1, 0.15) is 30.1 Å². The van der Waals surface area contributed by atoms with Crippen molar-refractivity contribution in [2.75, 3.05) is 13.7 Å². The van der Waals surface area contributed by atoms with Crippen LogP contribution in [0.4, 0.5) is 4.79 Å². The largest absolute Gasteiger partial charge is 0.394 e. The summed E-state index contributed by atoms with van der Waals surface area (Å²) in [5, 5.41) is 52.4. The first-order valence-corrected chi connectivity index (χ1v) is 10.2. The Morgan fingerprint density at radius 1 is 1.13 bits per heavy atom. The molecule has 170 valence electrons. The first kappa shape index (κ1) is 24.4. The lowest BCUT2D eigenvalue weighted by Gasteiger charge is -2.23. The van der Waals surface area contributed by atoms with Gasteiger partial charge in [-0.05, 0) is 23.8 Å². The molecule has 0 spiro atoms. The molecule has 1 aromatic rings. The Labute approximate surface area is 177 Å². The molecule has 7 N–H and O–H groups in total. The van der Waals surface area contributed by atoms with Crippen molar-refractivity contribution < 1.29 is 43.5 Å². The number of urea groups is 1. The van der Waals surface area contributed by atoms with Gasteiger partial charge >= 0.3 is 6.03 Å². The zero-order valence-electron chi connectivity index (χ0n) is 16.2. The molecule has 2 rings (SSSR count). The van der Waals surface area contributed by atoms with E-state index in [-0.39, 0.29) is 10.6 Å². The molecule has 3 amide bonds. The van der Waals surface area contributed by atoms with Crippen molar-refractivity contribution in [1.29, 1.82) is 0 Å². The second kappa shape index (κ2) is 9.95. The SMILES string of the molecule is CN1C(=O)N/C(=C\c2ccc(S(=O)(=O)N/N=C/[C@H](O)[C@H](O)[C@H](O)[C@H](O)CO)cc2)C1=O. The number of hydrogen-bond donors (Lipinski definition) is 7. The van der Waals surface area contributed by atoms with Gasteiger partial charge in [-0.3, -0.25) is 9.69 Å². The average Bonchev–Trinajstić information content (AvgIpc) is 2.98. The number of carbonyl (C=O) groups excluding carboxylic acids is 2. The predicted molar refractivity (Wildman–Crippen MR) is 106 cm³/mol. The van der Waals surface area contributed by atoms with Gasteiger partial charge in [0, 0.05) is 7.05 Å². The van der Waals surface area contributed by atoms with Gasteiger partial charge < -0.3 is 30.8 Å². The molecule has 13 nitrogen and oxygen atoms in total. The van der Waals surface area contributed by atoms with Crippen LogP contribution in [0.25, 0.3) is 6.08 Å². The standard InChI is InChI=1S/C17H22N4O9S/c1-21-16(27)11(19-17(21)28)6-9-2-4-10(5-3-9)31(29,30)20-18-7-12(23)14(25)15(26)13(24)8-22/h2-7,12-15,20,22-26H,8H2,1H3,(H,19,28)/b11-6-,18-7+/t12-,13+,14-,15+/m0/s1. The number of hydrogen-bond acceptors (Lipinski definition) is 10. The highest BCUT2D eigenvalue weighted by atomic mass is 32.2. The van der Waals surface area contributed by atoms with Crippen molar-refractivity contribution in [1.82, 2.24) is 15.0 Å². The van der Waals surface area contributed by atoms with Gasteiger partial charge in [0.25, 0.3) is 15.9 Å². The van der Waals surface area contributed by atoms with E-state index in [4.69, 9.17) is 5.11 Å².